The minimum atomic E-state index is -0.348. The van der Waals surface area contributed by atoms with Crippen LogP contribution in [0.1, 0.15) is 30.9 Å². The van der Waals surface area contributed by atoms with Gasteiger partial charge in [-0.15, -0.1) is 0 Å². The van der Waals surface area contributed by atoms with Crippen LogP contribution in [0.25, 0.3) is 10.9 Å². The van der Waals surface area contributed by atoms with E-state index in [1.807, 2.05) is 19.2 Å². The van der Waals surface area contributed by atoms with E-state index < -0.39 is 0 Å². The standard InChI is InChI=1S/C16H22N2O/c1-17-11-14(13-7-3-4-8-15(13)17)16(19)12-18-9-5-2-6-10-18/h3-4,7-8,11,16,19H,2,5-6,9-10,12H2,1H3/p+1/t16-/m0/s1. The van der Waals surface area contributed by atoms with Crippen molar-refractivity contribution in [3.8, 4) is 0 Å². The molecule has 0 amide bonds. The number of nitrogens with zero attached hydrogens (tertiary/aromatic N) is 1. The molecule has 3 nitrogen and oxygen atoms in total. The molecule has 0 unspecified atom stereocenters. The van der Waals surface area contributed by atoms with E-state index in [1.54, 1.807) is 4.90 Å². The lowest BCUT2D eigenvalue weighted by Gasteiger charge is -2.25. The first-order valence-electron chi connectivity index (χ1n) is 7.31. The molecule has 1 saturated heterocycles. The molecular weight excluding hydrogens is 236 g/mol. The molecule has 102 valence electrons. The molecule has 1 aromatic carbocycles. The first-order valence-corrected chi connectivity index (χ1v) is 7.31. The molecule has 2 N–H and O–H groups in total. The molecule has 2 aromatic rings. The highest BCUT2D eigenvalue weighted by Crippen LogP contribution is 2.25. The molecule has 0 aliphatic carbocycles. The zero-order chi connectivity index (χ0) is 13.2. The minimum Gasteiger partial charge on any atom is -0.382 e. The summed E-state index contributed by atoms with van der Waals surface area (Å²) < 4.78 is 2.11. The zero-order valence-corrected chi connectivity index (χ0v) is 11.6. The van der Waals surface area contributed by atoms with E-state index in [9.17, 15) is 5.11 Å². The van der Waals surface area contributed by atoms with Gasteiger partial charge in [0.15, 0.2) is 0 Å². The number of rotatable bonds is 3. The predicted octanol–water partition coefficient (Wildman–Crippen LogP) is 1.28. The fraction of sp³-hybridized carbons (Fsp3) is 0.500. The Kier molecular flexibility index (Phi) is 3.58. The van der Waals surface area contributed by atoms with Crippen LogP contribution < -0.4 is 4.90 Å². The van der Waals surface area contributed by atoms with Crippen LogP contribution in [-0.2, 0) is 7.05 Å². The number of fused-ring (bicyclic) bond motifs is 1. The molecule has 19 heavy (non-hydrogen) atoms. The molecule has 1 aliphatic rings. The van der Waals surface area contributed by atoms with Gasteiger partial charge in [0, 0.05) is 29.7 Å². The van der Waals surface area contributed by atoms with E-state index in [4.69, 9.17) is 0 Å². The molecule has 3 rings (SSSR count). The number of hydrogen-bond acceptors (Lipinski definition) is 1. The highest BCUT2D eigenvalue weighted by Gasteiger charge is 2.21. The van der Waals surface area contributed by atoms with E-state index in [0.717, 1.165) is 12.1 Å². The SMILES string of the molecule is Cn1cc([C@@H](O)C[NH+]2CCCCC2)c2ccccc21. The van der Waals surface area contributed by atoms with Crippen LogP contribution in [-0.4, -0.2) is 29.3 Å². The van der Waals surface area contributed by atoms with E-state index in [-0.39, 0.29) is 6.10 Å². The average Bonchev–Trinajstić information content (AvgIpc) is 2.78. The first-order chi connectivity index (χ1) is 9.25. The van der Waals surface area contributed by atoms with Crippen LogP contribution in [0.3, 0.4) is 0 Å². The second-order valence-electron chi connectivity index (χ2n) is 5.74. The van der Waals surface area contributed by atoms with E-state index in [1.165, 1.54) is 43.3 Å². The molecule has 0 spiro atoms. The summed E-state index contributed by atoms with van der Waals surface area (Å²) in [7, 11) is 2.05. The van der Waals surface area contributed by atoms with Gasteiger partial charge < -0.3 is 14.6 Å². The molecule has 1 atom stereocenters. The Bertz CT molecular complexity index is 555. The topological polar surface area (TPSA) is 29.6 Å². The van der Waals surface area contributed by atoms with Gasteiger partial charge >= 0.3 is 0 Å². The summed E-state index contributed by atoms with van der Waals surface area (Å²) in [6, 6.07) is 8.32. The Labute approximate surface area is 114 Å². The minimum absolute atomic E-state index is 0.348. The summed E-state index contributed by atoms with van der Waals surface area (Å²) in [5, 5.41) is 11.7. The fourth-order valence-electron chi connectivity index (χ4n) is 3.28. The summed E-state index contributed by atoms with van der Waals surface area (Å²) in [6.07, 6.45) is 5.70. The molecule has 0 bridgehead atoms. The van der Waals surface area contributed by atoms with Gasteiger partial charge in [-0.2, -0.15) is 0 Å². The summed E-state index contributed by atoms with van der Waals surface area (Å²) in [5.74, 6) is 0. The molecule has 3 heteroatoms. The quantitative estimate of drug-likeness (QED) is 0.854. The van der Waals surface area contributed by atoms with Crippen molar-refractivity contribution >= 4 is 10.9 Å². The zero-order valence-electron chi connectivity index (χ0n) is 11.6. The number of nitrogens with one attached hydrogen (secondary N) is 1. The monoisotopic (exact) mass is 259 g/mol. The second kappa shape index (κ2) is 5.35. The van der Waals surface area contributed by atoms with Crippen molar-refractivity contribution in [2.75, 3.05) is 19.6 Å². The average molecular weight is 259 g/mol. The lowest BCUT2D eigenvalue weighted by molar-refractivity contribution is -0.908. The molecular formula is C16H23N2O+. The van der Waals surface area contributed by atoms with E-state index >= 15 is 0 Å². The molecule has 0 radical (unpaired) electrons. The van der Waals surface area contributed by atoms with E-state index in [0.29, 0.717) is 0 Å². The first kappa shape index (κ1) is 12.7. The van der Waals surface area contributed by atoms with Crippen molar-refractivity contribution in [3.05, 3.63) is 36.0 Å². The van der Waals surface area contributed by atoms with Gasteiger partial charge in [0.05, 0.1) is 13.1 Å². The molecule has 1 fully saturated rings. The summed E-state index contributed by atoms with van der Waals surface area (Å²) in [4.78, 5) is 1.55. The smallest absolute Gasteiger partial charge is 0.130 e. The number of aromatic nitrogens is 1. The Morgan fingerprint density at radius 1 is 1.21 bits per heavy atom. The van der Waals surface area contributed by atoms with Crippen molar-refractivity contribution in [1.82, 2.24) is 4.57 Å². The van der Waals surface area contributed by atoms with Gasteiger partial charge in [-0.1, -0.05) is 18.2 Å². The van der Waals surface area contributed by atoms with Gasteiger partial charge in [0.1, 0.15) is 12.6 Å². The maximum atomic E-state index is 10.5. The third-order valence-corrected chi connectivity index (χ3v) is 4.33. The number of benzene rings is 1. The maximum absolute atomic E-state index is 10.5. The number of aliphatic hydroxyl groups is 1. The number of para-hydroxylation sites is 1. The molecule has 2 heterocycles. The molecule has 0 saturated carbocycles. The van der Waals surface area contributed by atoms with Crippen LogP contribution in [0.4, 0.5) is 0 Å². The number of hydrogen-bond donors (Lipinski definition) is 2. The third-order valence-electron chi connectivity index (χ3n) is 4.33. The van der Waals surface area contributed by atoms with Gasteiger partial charge in [0.2, 0.25) is 0 Å². The van der Waals surface area contributed by atoms with Gasteiger partial charge in [-0.05, 0) is 25.3 Å². The summed E-state index contributed by atoms with van der Waals surface area (Å²) in [5.41, 5.74) is 2.28. The van der Waals surface area contributed by atoms with Crippen molar-refractivity contribution in [1.29, 1.82) is 0 Å². The number of aryl methyl sites for hydroxylation is 1. The lowest BCUT2D eigenvalue weighted by atomic mass is 10.1. The van der Waals surface area contributed by atoms with Crippen molar-refractivity contribution in [2.45, 2.75) is 25.4 Å². The molecule has 1 aromatic heterocycles. The van der Waals surface area contributed by atoms with Crippen LogP contribution >= 0.6 is 0 Å². The number of aliphatic hydroxyl groups excluding tert-OH is 1. The Balaban J connectivity index is 1.82. The van der Waals surface area contributed by atoms with Crippen molar-refractivity contribution in [3.63, 3.8) is 0 Å². The van der Waals surface area contributed by atoms with Crippen LogP contribution in [0.2, 0.25) is 0 Å². The largest absolute Gasteiger partial charge is 0.382 e. The number of likely N-dealkylation sites (tertiary alicyclic amines) is 1. The van der Waals surface area contributed by atoms with Gasteiger partial charge in [0.25, 0.3) is 0 Å². The highest BCUT2D eigenvalue weighted by atomic mass is 16.3. The summed E-state index contributed by atoms with van der Waals surface area (Å²) >= 11 is 0. The Morgan fingerprint density at radius 3 is 2.74 bits per heavy atom. The Morgan fingerprint density at radius 2 is 1.95 bits per heavy atom. The Hall–Kier alpha value is -1.32. The fourth-order valence-corrected chi connectivity index (χ4v) is 3.28. The molecule has 1 aliphatic heterocycles. The lowest BCUT2D eigenvalue weighted by Crippen LogP contribution is -3.13. The number of quaternary nitrogens is 1. The predicted molar refractivity (Wildman–Crippen MR) is 77.3 cm³/mol. The van der Waals surface area contributed by atoms with Gasteiger partial charge in [-0.25, -0.2) is 0 Å². The van der Waals surface area contributed by atoms with Crippen LogP contribution in [0.15, 0.2) is 30.5 Å². The number of piperidine rings is 1. The second-order valence-corrected chi connectivity index (χ2v) is 5.74. The normalized spacial score (nSPS) is 18.8. The third kappa shape index (κ3) is 2.53. The van der Waals surface area contributed by atoms with Crippen LogP contribution in [0, 0.1) is 0 Å². The highest BCUT2D eigenvalue weighted by molar-refractivity contribution is 5.84. The van der Waals surface area contributed by atoms with E-state index in [2.05, 4.69) is 22.9 Å². The van der Waals surface area contributed by atoms with Crippen LogP contribution in [0.5, 0.6) is 0 Å². The summed E-state index contributed by atoms with van der Waals surface area (Å²) in [6.45, 7) is 3.26. The van der Waals surface area contributed by atoms with Crippen molar-refractivity contribution < 1.29 is 10.0 Å². The maximum Gasteiger partial charge on any atom is 0.130 e. The van der Waals surface area contributed by atoms with Crippen molar-refractivity contribution in [2.24, 2.45) is 7.05 Å². The van der Waals surface area contributed by atoms with Gasteiger partial charge in [-0.3, -0.25) is 0 Å².